The molecule has 0 bridgehead atoms. The molecule has 1 aromatic heterocycles. The topological polar surface area (TPSA) is 117 Å². The van der Waals surface area contributed by atoms with E-state index in [0.29, 0.717) is 17.5 Å². The molecule has 4 rings (SSSR count). The molecule has 2 aliphatic rings. The number of ether oxygens (including phenoxy) is 1. The van der Waals surface area contributed by atoms with Gasteiger partial charge in [-0.2, -0.15) is 0 Å². The molecule has 0 unspecified atom stereocenters. The molecule has 2 aromatic rings. The third kappa shape index (κ3) is 3.02. The number of para-hydroxylation sites is 1. The van der Waals surface area contributed by atoms with Gasteiger partial charge in [-0.05, 0) is 12.5 Å². The van der Waals surface area contributed by atoms with E-state index in [2.05, 4.69) is 15.0 Å². The first-order valence-electron chi connectivity index (χ1n) is 8.35. The first kappa shape index (κ1) is 17.2. The Kier molecular flexibility index (Phi) is 4.09. The van der Waals surface area contributed by atoms with Crippen molar-refractivity contribution in [2.75, 3.05) is 12.9 Å². The fourth-order valence-corrected chi connectivity index (χ4v) is 4.69. The highest BCUT2D eigenvalue weighted by atomic mass is 32.2. The monoisotopic (exact) mass is 377 g/mol. The maximum Gasteiger partial charge on any atom is 0.252 e. The van der Waals surface area contributed by atoms with Crippen LogP contribution >= 0.6 is 0 Å². The van der Waals surface area contributed by atoms with Gasteiger partial charge in [0.05, 0.1) is 30.0 Å². The smallest absolute Gasteiger partial charge is 0.252 e. The van der Waals surface area contributed by atoms with Gasteiger partial charge < -0.3 is 15.0 Å². The van der Waals surface area contributed by atoms with Gasteiger partial charge in [0.2, 0.25) is 15.6 Å². The van der Waals surface area contributed by atoms with E-state index >= 15 is 0 Å². The number of carbonyl (C=O) groups excluding carboxylic acids is 1. The molecule has 1 aromatic carbocycles. The second-order valence-electron chi connectivity index (χ2n) is 6.80. The van der Waals surface area contributed by atoms with Crippen LogP contribution in [-0.4, -0.2) is 50.4 Å². The molecule has 0 radical (unpaired) electrons. The van der Waals surface area contributed by atoms with Crippen LogP contribution in [0.4, 0.5) is 0 Å². The second kappa shape index (κ2) is 6.19. The minimum Gasteiger partial charge on any atom is -0.376 e. The minimum atomic E-state index is -3.43. The normalized spacial score (nSPS) is 27.7. The van der Waals surface area contributed by atoms with E-state index in [1.54, 1.807) is 24.3 Å². The van der Waals surface area contributed by atoms with Gasteiger partial charge >= 0.3 is 0 Å². The van der Waals surface area contributed by atoms with Crippen LogP contribution in [0, 0.1) is 5.92 Å². The molecule has 2 heterocycles. The number of pyridine rings is 1. The Hall–Kier alpha value is -2.23. The lowest BCUT2D eigenvalue weighted by molar-refractivity contribution is -0.0193. The number of fused-ring (bicyclic) bond motifs is 2. The average Bonchev–Trinajstić information content (AvgIpc) is 3.01. The first-order chi connectivity index (χ1) is 12.3. The van der Waals surface area contributed by atoms with Gasteiger partial charge in [0, 0.05) is 29.5 Å². The van der Waals surface area contributed by atoms with Gasteiger partial charge in [0.25, 0.3) is 5.91 Å². The largest absolute Gasteiger partial charge is 0.376 e. The van der Waals surface area contributed by atoms with E-state index in [1.165, 1.54) is 6.07 Å². The third-order valence-electron chi connectivity index (χ3n) is 5.03. The summed E-state index contributed by atoms with van der Waals surface area (Å²) in [6.07, 6.45) is 1.61. The molecule has 138 valence electrons. The number of sulfonamides is 1. The zero-order valence-electron chi connectivity index (χ0n) is 14.1. The summed E-state index contributed by atoms with van der Waals surface area (Å²) in [4.78, 5) is 27.4. The molecular formula is C17H19N3O5S. The van der Waals surface area contributed by atoms with Crippen molar-refractivity contribution in [1.82, 2.24) is 15.0 Å². The summed E-state index contributed by atoms with van der Waals surface area (Å²) in [5.41, 5.74) is 0.479. The Morgan fingerprint density at radius 1 is 1.27 bits per heavy atom. The Morgan fingerprint density at radius 3 is 2.81 bits per heavy atom. The summed E-state index contributed by atoms with van der Waals surface area (Å²) >= 11 is 0. The van der Waals surface area contributed by atoms with Crippen molar-refractivity contribution in [3.05, 3.63) is 46.2 Å². The predicted octanol–water partition coefficient (Wildman–Crippen LogP) is -0.0370. The Labute approximate surface area is 150 Å². The highest BCUT2D eigenvalue weighted by Gasteiger charge is 2.55. The van der Waals surface area contributed by atoms with Crippen molar-refractivity contribution in [3.8, 4) is 0 Å². The van der Waals surface area contributed by atoms with Gasteiger partial charge in [0.1, 0.15) is 0 Å². The number of carbonyl (C=O) groups is 1. The van der Waals surface area contributed by atoms with Crippen LogP contribution in [0.3, 0.4) is 0 Å². The number of rotatable bonds is 4. The SMILES string of the molecule is CS(=O)(=O)N[C@@H]1[C@@H](NC(=O)c2cc(=O)[nH]c3ccccc23)[C@H]2CCO[C@H]21. The van der Waals surface area contributed by atoms with Crippen LogP contribution < -0.4 is 15.6 Å². The zero-order valence-corrected chi connectivity index (χ0v) is 14.9. The summed E-state index contributed by atoms with van der Waals surface area (Å²) in [7, 11) is -3.43. The molecule has 26 heavy (non-hydrogen) atoms. The van der Waals surface area contributed by atoms with E-state index in [4.69, 9.17) is 4.74 Å². The summed E-state index contributed by atoms with van der Waals surface area (Å²) in [5, 5.41) is 3.53. The fraction of sp³-hybridized carbons (Fsp3) is 0.412. The quantitative estimate of drug-likeness (QED) is 0.691. The van der Waals surface area contributed by atoms with E-state index in [1.807, 2.05) is 0 Å². The highest BCUT2D eigenvalue weighted by molar-refractivity contribution is 7.88. The molecule has 9 heteroatoms. The van der Waals surface area contributed by atoms with Crippen molar-refractivity contribution >= 4 is 26.8 Å². The maximum atomic E-state index is 12.8. The highest BCUT2D eigenvalue weighted by Crippen LogP contribution is 2.39. The Morgan fingerprint density at radius 2 is 2.04 bits per heavy atom. The molecule has 1 saturated heterocycles. The van der Waals surface area contributed by atoms with Crippen molar-refractivity contribution in [2.45, 2.75) is 24.6 Å². The van der Waals surface area contributed by atoms with Crippen LogP contribution in [0.2, 0.25) is 0 Å². The van der Waals surface area contributed by atoms with Gasteiger partial charge in [-0.25, -0.2) is 13.1 Å². The summed E-state index contributed by atoms with van der Waals surface area (Å²) in [6.45, 7) is 0.539. The zero-order chi connectivity index (χ0) is 18.5. The first-order valence-corrected chi connectivity index (χ1v) is 10.2. The minimum absolute atomic E-state index is 0.0615. The lowest BCUT2D eigenvalue weighted by Gasteiger charge is -2.47. The second-order valence-corrected chi connectivity index (χ2v) is 8.58. The predicted molar refractivity (Wildman–Crippen MR) is 95.4 cm³/mol. The maximum absolute atomic E-state index is 12.8. The number of hydrogen-bond acceptors (Lipinski definition) is 5. The number of hydrogen-bond donors (Lipinski definition) is 3. The number of amides is 1. The number of aromatic nitrogens is 1. The number of benzene rings is 1. The van der Waals surface area contributed by atoms with Gasteiger partial charge in [-0.1, -0.05) is 18.2 Å². The molecule has 1 aliphatic heterocycles. The van der Waals surface area contributed by atoms with Crippen LogP contribution in [0.1, 0.15) is 16.8 Å². The standard InChI is InChI=1S/C17H19N3O5S/c1-26(23,24)20-15-14(10-6-7-25-16(10)15)19-17(22)11-8-13(21)18-12-5-3-2-4-9(11)12/h2-5,8,10,14-16,20H,6-7H2,1H3,(H,18,21)(H,19,22)/t10-,14+,15-,16-/m1/s1. The number of nitrogens with one attached hydrogen (secondary N) is 3. The van der Waals surface area contributed by atoms with Crippen LogP contribution in [0.15, 0.2) is 35.1 Å². The third-order valence-corrected chi connectivity index (χ3v) is 5.73. The van der Waals surface area contributed by atoms with Crippen LogP contribution in [0.25, 0.3) is 10.9 Å². The van der Waals surface area contributed by atoms with Gasteiger partial charge in [-0.15, -0.1) is 0 Å². The number of H-pyrrole nitrogens is 1. The lowest BCUT2D eigenvalue weighted by atomic mass is 9.72. The molecule has 0 spiro atoms. The van der Waals surface area contributed by atoms with E-state index in [-0.39, 0.29) is 29.2 Å². The average molecular weight is 377 g/mol. The van der Waals surface area contributed by atoms with Crippen LogP contribution in [-0.2, 0) is 14.8 Å². The molecule has 1 saturated carbocycles. The molecule has 2 fully saturated rings. The van der Waals surface area contributed by atoms with Gasteiger partial charge in [-0.3, -0.25) is 9.59 Å². The molecule has 3 N–H and O–H groups in total. The molecule has 1 amide bonds. The summed E-state index contributed by atoms with van der Waals surface area (Å²) < 4.78 is 31.4. The summed E-state index contributed by atoms with van der Waals surface area (Å²) in [5.74, 6) is -0.339. The van der Waals surface area contributed by atoms with Crippen molar-refractivity contribution < 1.29 is 17.9 Å². The number of aromatic amines is 1. The fourth-order valence-electron chi connectivity index (χ4n) is 3.91. The summed E-state index contributed by atoms with van der Waals surface area (Å²) in [6, 6.07) is 7.43. The lowest BCUT2D eigenvalue weighted by Crippen LogP contribution is -2.70. The molecule has 4 atom stereocenters. The van der Waals surface area contributed by atoms with E-state index in [0.717, 1.165) is 12.7 Å². The van der Waals surface area contributed by atoms with E-state index < -0.39 is 22.0 Å². The molecule has 1 aliphatic carbocycles. The Bertz CT molecular complexity index is 1030. The molecular weight excluding hydrogens is 358 g/mol. The molecule has 8 nitrogen and oxygen atoms in total. The Balaban J connectivity index is 1.63. The van der Waals surface area contributed by atoms with Crippen molar-refractivity contribution in [2.24, 2.45) is 5.92 Å². The van der Waals surface area contributed by atoms with Crippen molar-refractivity contribution in [1.29, 1.82) is 0 Å². The van der Waals surface area contributed by atoms with Crippen molar-refractivity contribution in [3.63, 3.8) is 0 Å². The van der Waals surface area contributed by atoms with Crippen LogP contribution in [0.5, 0.6) is 0 Å². The van der Waals surface area contributed by atoms with E-state index in [9.17, 15) is 18.0 Å². The van der Waals surface area contributed by atoms with Gasteiger partial charge in [0.15, 0.2) is 0 Å².